The minimum absolute atomic E-state index is 0.0834. The lowest BCUT2D eigenvalue weighted by atomic mass is 9.95. The van der Waals surface area contributed by atoms with E-state index < -0.39 is 17.7 Å². The van der Waals surface area contributed by atoms with Crippen molar-refractivity contribution in [3.63, 3.8) is 0 Å². The number of carbonyl (C=O) groups excluding carboxylic acids is 2. The molecule has 0 bridgehead atoms. The summed E-state index contributed by atoms with van der Waals surface area (Å²) in [7, 11) is 0. The molecule has 6 rings (SSSR count). The molecule has 3 heterocycles. The summed E-state index contributed by atoms with van der Waals surface area (Å²) >= 11 is 7.45. The lowest BCUT2D eigenvalue weighted by Gasteiger charge is -2.24. The van der Waals surface area contributed by atoms with Crippen molar-refractivity contribution in [3.8, 4) is 23.0 Å². The molecule has 0 spiro atoms. The van der Waals surface area contributed by atoms with Gasteiger partial charge < -0.3 is 24.1 Å². The fourth-order valence-electron chi connectivity index (χ4n) is 5.17. The monoisotopic (exact) mass is 634 g/mol. The zero-order valence-corrected chi connectivity index (χ0v) is 26.0. The second kappa shape index (κ2) is 12.4. The molecule has 44 heavy (non-hydrogen) atoms. The molecule has 2 aliphatic rings. The highest BCUT2D eigenvalue weighted by Gasteiger charge is 2.48. The van der Waals surface area contributed by atoms with Crippen LogP contribution in [0.25, 0.3) is 16.0 Å². The minimum atomic E-state index is -1.01. The maximum absolute atomic E-state index is 13.8. The molecule has 2 aliphatic heterocycles. The van der Waals surface area contributed by atoms with Gasteiger partial charge >= 0.3 is 5.91 Å². The fraction of sp³-hybridized carbons (Fsp3) is 0.303. The quantitative estimate of drug-likeness (QED) is 0.117. The molecule has 11 heteroatoms. The van der Waals surface area contributed by atoms with E-state index in [1.54, 1.807) is 54.6 Å². The van der Waals surface area contributed by atoms with E-state index in [-0.39, 0.29) is 11.3 Å². The number of anilines is 1. The van der Waals surface area contributed by atoms with Crippen molar-refractivity contribution < 1.29 is 33.6 Å². The summed E-state index contributed by atoms with van der Waals surface area (Å²) in [4.78, 5) is 33.5. The summed E-state index contributed by atoms with van der Waals surface area (Å²) in [5.74, 6) is 0.470. The normalized spacial score (nSPS) is 17.5. The maximum atomic E-state index is 13.8. The average molecular weight is 635 g/mol. The first-order valence-electron chi connectivity index (χ1n) is 14.4. The zero-order valence-electron chi connectivity index (χ0n) is 24.5. The van der Waals surface area contributed by atoms with Crippen molar-refractivity contribution >= 4 is 55.7 Å². The van der Waals surface area contributed by atoms with Gasteiger partial charge in [0.05, 0.1) is 35.0 Å². The smallest absolute Gasteiger partial charge is 0.301 e. The Morgan fingerprint density at radius 1 is 1.05 bits per heavy atom. The first-order valence-corrected chi connectivity index (χ1v) is 15.6. The number of Topliss-reactive ketones (excluding diaryl/α,β-unsaturated/α-hetero) is 1. The van der Waals surface area contributed by atoms with Crippen LogP contribution in [0.4, 0.5) is 5.13 Å². The molecule has 1 N–H and O–H groups in total. The number of amides is 1. The SMILES string of the molecule is CCOc1cc(C2C(=C(O)c3ccc4c(c3)OCCO4)C(=O)C(=O)N2c2nc3ccc(Cl)cc3s2)ccc1OCCC(C)C. The molecule has 3 aromatic carbocycles. The number of halogens is 1. The Bertz CT molecular complexity index is 1780. The maximum Gasteiger partial charge on any atom is 0.301 e. The Balaban J connectivity index is 1.50. The number of fused-ring (bicyclic) bond motifs is 2. The van der Waals surface area contributed by atoms with Gasteiger partial charge in [-0.25, -0.2) is 4.98 Å². The van der Waals surface area contributed by atoms with E-state index in [0.717, 1.165) is 11.1 Å². The van der Waals surface area contributed by atoms with E-state index in [0.29, 0.717) is 82.1 Å². The number of hydrogen-bond donors (Lipinski definition) is 1. The van der Waals surface area contributed by atoms with Crippen molar-refractivity contribution in [3.05, 3.63) is 76.3 Å². The van der Waals surface area contributed by atoms with E-state index in [9.17, 15) is 14.7 Å². The van der Waals surface area contributed by atoms with Crippen molar-refractivity contribution in [1.82, 2.24) is 4.98 Å². The van der Waals surface area contributed by atoms with Crippen LogP contribution >= 0.6 is 22.9 Å². The predicted octanol–water partition coefficient (Wildman–Crippen LogP) is 7.17. The Labute approximate surface area is 263 Å². The molecule has 1 aromatic heterocycles. The summed E-state index contributed by atoms with van der Waals surface area (Å²) < 4.78 is 24.1. The number of ether oxygens (including phenoxy) is 4. The highest BCUT2D eigenvalue weighted by Crippen LogP contribution is 2.46. The number of carbonyl (C=O) groups is 2. The van der Waals surface area contributed by atoms with Gasteiger partial charge in [-0.2, -0.15) is 0 Å². The molecular weight excluding hydrogens is 604 g/mol. The lowest BCUT2D eigenvalue weighted by Crippen LogP contribution is -2.29. The number of nitrogens with zero attached hydrogens (tertiary/aromatic N) is 2. The number of rotatable bonds is 9. The molecule has 228 valence electrons. The molecule has 1 saturated heterocycles. The first kappa shape index (κ1) is 29.8. The molecule has 0 radical (unpaired) electrons. The van der Waals surface area contributed by atoms with Crippen LogP contribution in [0.5, 0.6) is 23.0 Å². The summed E-state index contributed by atoms with van der Waals surface area (Å²) in [6, 6.07) is 14.4. The van der Waals surface area contributed by atoms with Crippen LogP contribution in [0.2, 0.25) is 5.02 Å². The molecule has 1 atom stereocenters. The van der Waals surface area contributed by atoms with Crippen molar-refractivity contribution in [1.29, 1.82) is 0 Å². The zero-order chi connectivity index (χ0) is 31.0. The van der Waals surface area contributed by atoms with E-state index in [1.807, 2.05) is 6.92 Å². The molecule has 0 saturated carbocycles. The Morgan fingerprint density at radius 2 is 1.84 bits per heavy atom. The largest absolute Gasteiger partial charge is 0.507 e. The van der Waals surface area contributed by atoms with E-state index >= 15 is 0 Å². The average Bonchev–Trinajstić information content (AvgIpc) is 3.54. The van der Waals surface area contributed by atoms with Gasteiger partial charge in [0.2, 0.25) is 0 Å². The standard InChI is InChI=1S/C33H31ClN2O7S/c1-4-40-25-15-19(5-9-23(25)41-12-11-18(2)3)29-28(30(37)20-6-10-24-26(16-20)43-14-13-42-24)31(38)32(39)36(29)33-35-22-8-7-21(34)17-27(22)44-33/h5-10,15-18,29,37H,4,11-14H2,1-3H3. The number of aliphatic hydroxyl groups excluding tert-OH is 1. The summed E-state index contributed by atoms with van der Waals surface area (Å²) in [6.07, 6.45) is 0.866. The van der Waals surface area contributed by atoms with Gasteiger partial charge in [0.1, 0.15) is 19.0 Å². The molecule has 1 amide bonds. The molecular formula is C33H31ClN2O7S. The molecule has 9 nitrogen and oxygen atoms in total. The third kappa shape index (κ3) is 5.67. The van der Waals surface area contributed by atoms with Gasteiger partial charge in [0.15, 0.2) is 28.1 Å². The van der Waals surface area contributed by atoms with Crippen LogP contribution in [-0.2, 0) is 9.59 Å². The Hall–Kier alpha value is -4.28. The summed E-state index contributed by atoms with van der Waals surface area (Å²) in [6.45, 7) is 7.76. The third-order valence-electron chi connectivity index (χ3n) is 7.34. The fourth-order valence-corrected chi connectivity index (χ4v) is 6.44. The number of ketones is 1. The van der Waals surface area contributed by atoms with Crippen LogP contribution in [0, 0.1) is 5.92 Å². The van der Waals surface area contributed by atoms with Crippen LogP contribution < -0.4 is 23.8 Å². The second-order valence-corrected chi connectivity index (χ2v) is 12.3. The van der Waals surface area contributed by atoms with Gasteiger partial charge in [-0.3, -0.25) is 14.5 Å². The molecule has 4 aromatic rings. The number of thiazole rings is 1. The van der Waals surface area contributed by atoms with E-state index in [2.05, 4.69) is 18.8 Å². The number of aromatic nitrogens is 1. The number of aliphatic hydroxyl groups is 1. The third-order valence-corrected chi connectivity index (χ3v) is 8.59. The van der Waals surface area contributed by atoms with E-state index in [4.69, 9.17) is 30.5 Å². The molecule has 0 aliphatic carbocycles. The molecule has 1 fully saturated rings. The van der Waals surface area contributed by atoms with Crippen LogP contribution in [0.3, 0.4) is 0 Å². The second-order valence-electron chi connectivity index (χ2n) is 10.8. The summed E-state index contributed by atoms with van der Waals surface area (Å²) in [5.41, 5.74) is 1.40. The highest BCUT2D eigenvalue weighted by molar-refractivity contribution is 7.22. The number of benzene rings is 3. The van der Waals surface area contributed by atoms with Crippen molar-refractivity contribution in [2.24, 2.45) is 5.92 Å². The van der Waals surface area contributed by atoms with Crippen LogP contribution in [0.1, 0.15) is 44.4 Å². The first-order chi connectivity index (χ1) is 21.2. The van der Waals surface area contributed by atoms with Gasteiger partial charge in [0.25, 0.3) is 5.78 Å². The predicted molar refractivity (Wildman–Crippen MR) is 169 cm³/mol. The Kier molecular flexibility index (Phi) is 8.38. The van der Waals surface area contributed by atoms with E-state index in [1.165, 1.54) is 16.2 Å². The highest BCUT2D eigenvalue weighted by atomic mass is 35.5. The van der Waals surface area contributed by atoms with Crippen LogP contribution in [0.15, 0.2) is 60.2 Å². The van der Waals surface area contributed by atoms with Gasteiger partial charge in [0, 0.05) is 10.6 Å². The van der Waals surface area contributed by atoms with Crippen molar-refractivity contribution in [2.75, 3.05) is 31.3 Å². The van der Waals surface area contributed by atoms with Crippen LogP contribution in [-0.4, -0.2) is 48.2 Å². The van der Waals surface area contributed by atoms with Gasteiger partial charge in [-0.15, -0.1) is 0 Å². The van der Waals surface area contributed by atoms with Gasteiger partial charge in [-0.1, -0.05) is 42.9 Å². The number of hydrogen-bond acceptors (Lipinski definition) is 9. The Morgan fingerprint density at radius 3 is 2.61 bits per heavy atom. The summed E-state index contributed by atoms with van der Waals surface area (Å²) in [5, 5.41) is 12.5. The lowest BCUT2D eigenvalue weighted by molar-refractivity contribution is -0.132. The topological polar surface area (TPSA) is 107 Å². The molecule has 1 unspecified atom stereocenters. The minimum Gasteiger partial charge on any atom is -0.507 e. The van der Waals surface area contributed by atoms with Crippen molar-refractivity contribution in [2.45, 2.75) is 33.2 Å². The van der Waals surface area contributed by atoms with Gasteiger partial charge in [-0.05, 0) is 73.4 Å².